The molecule has 0 radical (unpaired) electrons. The summed E-state index contributed by atoms with van der Waals surface area (Å²) in [6, 6.07) is 10.4. The van der Waals surface area contributed by atoms with Crippen molar-refractivity contribution >= 4 is 34.5 Å². The maximum absolute atomic E-state index is 5.42. The fraction of sp³-hybridized carbons (Fsp3) is 0.417. The molecule has 0 unspecified atom stereocenters. The first-order valence-corrected chi connectivity index (χ1v) is 12.6. The Hall–Kier alpha value is -2.09. The first kappa shape index (κ1) is 20.8. The minimum atomic E-state index is 0.516. The van der Waals surface area contributed by atoms with Gasteiger partial charge in [0.15, 0.2) is 0 Å². The zero-order valence-electron chi connectivity index (χ0n) is 17.7. The van der Waals surface area contributed by atoms with Crippen LogP contribution in [0.1, 0.15) is 43.0 Å². The average Bonchev–Trinajstić information content (AvgIpc) is 3.28. The molecule has 2 fully saturated rings. The van der Waals surface area contributed by atoms with Crippen molar-refractivity contribution in [1.29, 1.82) is 0 Å². The molecule has 1 aromatic carbocycles. The van der Waals surface area contributed by atoms with Crippen LogP contribution in [-0.2, 0) is 4.74 Å². The van der Waals surface area contributed by atoms with Gasteiger partial charge in [-0.2, -0.15) is 0 Å². The molecule has 0 spiro atoms. The molecule has 3 heterocycles. The van der Waals surface area contributed by atoms with E-state index in [9.17, 15) is 0 Å². The minimum absolute atomic E-state index is 0.516. The fourth-order valence-corrected chi connectivity index (χ4v) is 6.43. The second-order valence-electron chi connectivity index (χ2n) is 8.10. The van der Waals surface area contributed by atoms with Gasteiger partial charge in [-0.3, -0.25) is 0 Å². The summed E-state index contributed by atoms with van der Waals surface area (Å²) in [6.07, 6.45) is 10.5. The number of methoxy groups -OCH3 is 1. The Labute approximate surface area is 191 Å². The highest BCUT2D eigenvalue weighted by molar-refractivity contribution is 8.00. The molecule has 5 nitrogen and oxygen atoms in total. The molecule has 0 amide bonds. The maximum Gasteiger partial charge on any atom is 0.213 e. The van der Waals surface area contributed by atoms with Crippen molar-refractivity contribution in [2.45, 2.75) is 48.2 Å². The summed E-state index contributed by atoms with van der Waals surface area (Å²) < 4.78 is 10.6. The Morgan fingerprint density at radius 1 is 1.03 bits per heavy atom. The van der Waals surface area contributed by atoms with E-state index in [4.69, 9.17) is 14.5 Å². The van der Waals surface area contributed by atoms with Gasteiger partial charge in [0.05, 0.1) is 47.3 Å². The molecule has 1 aliphatic carbocycles. The first-order valence-electron chi connectivity index (χ1n) is 10.9. The van der Waals surface area contributed by atoms with Gasteiger partial charge in [-0.1, -0.05) is 25.3 Å². The summed E-state index contributed by atoms with van der Waals surface area (Å²) in [5.74, 6) is 1.26. The second kappa shape index (κ2) is 9.59. The standard InChI is InChI=1S/C24H27N3O2S2/c1-28-23-10-8-18(12-25-23)27-17-7-9-20(21(11-17)30-19-14-29-15-19)22-13-26-24(31-22)16-5-3-2-4-6-16/h7-13,16,19,27H,2-6,14-15H2,1H3. The molecular weight excluding hydrogens is 426 g/mol. The topological polar surface area (TPSA) is 56.3 Å². The third-order valence-electron chi connectivity index (χ3n) is 5.86. The summed E-state index contributed by atoms with van der Waals surface area (Å²) in [4.78, 5) is 11.7. The van der Waals surface area contributed by atoms with E-state index in [1.54, 1.807) is 13.3 Å². The number of thiazole rings is 1. The Morgan fingerprint density at radius 3 is 2.58 bits per heavy atom. The molecule has 0 atom stereocenters. The number of anilines is 2. The molecule has 7 heteroatoms. The number of nitrogens with zero attached hydrogens (tertiary/aromatic N) is 2. The van der Waals surface area contributed by atoms with Crippen LogP contribution in [0.4, 0.5) is 11.4 Å². The van der Waals surface area contributed by atoms with Gasteiger partial charge in [0.1, 0.15) is 0 Å². The summed E-state index contributed by atoms with van der Waals surface area (Å²) in [5, 5.41) is 5.29. The molecule has 1 aliphatic heterocycles. The van der Waals surface area contributed by atoms with Crippen molar-refractivity contribution < 1.29 is 9.47 Å². The second-order valence-corrected chi connectivity index (χ2v) is 10.5. The summed E-state index contributed by atoms with van der Waals surface area (Å²) in [5.41, 5.74) is 3.26. The lowest BCUT2D eigenvalue weighted by atomic mass is 9.90. The molecule has 3 aromatic rings. The molecule has 0 bridgehead atoms. The van der Waals surface area contributed by atoms with Crippen LogP contribution in [0.2, 0.25) is 0 Å². The van der Waals surface area contributed by atoms with Gasteiger partial charge in [-0.25, -0.2) is 9.97 Å². The van der Waals surface area contributed by atoms with Crippen molar-refractivity contribution in [2.24, 2.45) is 0 Å². The van der Waals surface area contributed by atoms with Crippen molar-refractivity contribution in [3.8, 4) is 16.3 Å². The number of aromatic nitrogens is 2. The maximum atomic E-state index is 5.42. The van der Waals surface area contributed by atoms with Crippen LogP contribution in [0.25, 0.3) is 10.4 Å². The third kappa shape index (κ3) is 4.89. The molecule has 162 valence electrons. The third-order valence-corrected chi connectivity index (χ3v) is 8.25. The smallest absolute Gasteiger partial charge is 0.213 e. The van der Waals surface area contributed by atoms with Gasteiger partial charge in [0, 0.05) is 34.3 Å². The number of rotatable bonds is 7. The molecular formula is C24H27N3O2S2. The number of hydrogen-bond donors (Lipinski definition) is 1. The van der Waals surface area contributed by atoms with Gasteiger partial charge < -0.3 is 14.8 Å². The molecule has 31 heavy (non-hydrogen) atoms. The fourth-order valence-electron chi connectivity index (χ4n) is 4.05. The van der Waals surface area contributed by atoms with E-state index in [-0.39, 0.29) is 0 Å². The minimum Gasteiger partial charge on any atom is -0.481 e. The van der Waals surface area contributed by atoms with Crippen molar-refractivity contribution in [3.63, 3.8) is 0 Å². The molecule has 5 rings (SSSR count). The molecule has 2 aromatic heterocycles. The number of hydrogen-bond acceptors (Lipinski definition) is 7. The lowest BCUT2D eigenvalue weighted by Crippen LogP contribution is -2.30. The van der Waals surface area contributed by atoms with Crippen LogP contribution < -0.4 is 10.1 Å². The van der Waals surface area contributed by atoms with Gasteiger partial charge in [-0.05, 0) is 31.0 Å². The SMILES string of the molecule is COc1ccc(Nc2ccc(-c3cnc(C4CCCCC4)s3)c(SC3COC3)c2)cn1. The van der Waals surface area contributed by atoms with E-state index in [1.165, 1.54) is 52.4 Å². The zero-order chi connectivity index (χ0) is 21.0. The number of pyridine rings is 1. The zero-order valence-corrected chi connectivity index (χ0v) is 19.3. The molecule has 2 aliphatic rings. The Bertz CT molecular complexity index is 1010. The lowest BCUT2D eigenvalue weighted by molar-refractivity contribution is 0.0455. The van der Waals surface area contributed by atoms with Crippen LogP contribution in [0.5, 0.6) is 5.88 Å². The number of nitrogens with one attached hydrogen (secondary N) is 1. The van der Waals surface area contributed by atoms with Gasteiger partial charge >= 0.3 is 0 Å². The Morgan fingerprint density at radius 2 is 1.87 bits per heavy atom. The van der Waals surface area contributed by atoms with E-state index in [1.807, 2.05) is 35.2 Å². The summed E-state index contributed by atoms with van der Waals surface area (Å²) in [6.45, 7) is 1.64. The Kier molecular flexibility index (Phi) is 6.43. The normalized spacial score (nSPS) is 17.3. The predicted octanol–water partition coefficient (Wildman–Crippen LogP) is 6.50. The van der Waals surface area contributed by atoms with Gasteiger partial charge in [0.2, 0.25) is 5.88 Å². The van der Waals surface area contributed by atoms with E-state index in [2.05, 4.69) is 34.7 Å². The van der Waals surface area contributed by atoms with Crippen LogP contribution in [0, 0.1) is 0 Å². The Balaban J connectivity index is 1.40. The van der Waals surface area contributed by atoms with Crippen LogP contribution in [-0.4, -0.2) is 35.5 Å². The number of benzene rings is 1. The first-order chi connectivity index (χ1) is 15.3. The number of thioether (sulfide) groups is 1. The van der Waals surface area contributed by atoms with Gasteiger partial charge in [0.25, 0.3) is 0 Å². The monoisotopic (exact) mass is 453 g/mol. The predicted molar refractivity (Wildman–Crippen MR) is 128 cm³/mol. The molecule has 1 saturated heterocycles. The van der Waals surface area contributed by atoms with E-state index in [0.717, 1.165) is 24.6 Å². The number of ether oxygens (including phenoxy) is 2. The van der Waals surface area contributed by atoms with E-state index in [0.29, 0.717) is 17.0 Å². The van der Waals surface area contributed by atoms with E-state index >= 15 is 0 Å². The highest BCUT2D eigenvalue weighted by atomic mass is 32.2. The highest BCUT2D eigenvalue weighted by Crippen LogP contribution is 2.42. The van der Waals surface area contributed by atoms with Crippen molar-refractivity contribution in [1.82, 2.24) is 9.97 Å². The summed E-state index contributed by atoms with van der Waals surface area (Å²) >= 11 is 3.78. The van der Waals surface area contributed by atoms with Crippen LogP contribution >= 0.6 is 23.1 Å². The quantitative estimate of drug-likeness (QED) is 0.441. The lowest BCUT2D eigenvalue weighted by Gasteiger charge is -2.26. The molecule has 1 N–H and O–H groups in total. The van der Waals surface area contributed by atoms with Crippen molar-refractivity contribution in [2.75, 3.05) is 25.6 Å². The van der Waals surface area contributed by atoms with E-state index < -0.39 is 0 Å². The summed E-state index contributed by atoms with van der Waals surface area (Å²) in [7, 11) is 1.63. The largest absolute Gasteiger partial charge is 0.481 e. The van der Waals surface area contributed by atoms with Crippen LogP contribution in [0.15, 0.2) is 47.6 Å². The molecule has 1 saturated carbocycles. The average molecular weight is 454 g/mol. The highest BCUT2D eigenvalue weighted by Gasteiger charge is 2.23. The van der Waals surface area contributed by atoms with Gasteiger partial charge in [-0.15, -0.1) is 23.1 Å². The van der Waals surface area contributed by atoms with Crippen LogP contribution in [0.3, 0.4) is 0 Å². The van der Waals surface area contributed by atoms with Crippen molar-refractivity contribution in [3.05, 3.63) is 47.7 Å².